The van der Waals surface area contributed by atoms with Crippen molar-refractivity contribution in [3.63, 3.8) is 0 Å². The monoisotopic (exact) mass is 349 g/mol. The summed E-state index contributed by atoms with van der Waals surface area (Å²) in [6.45, 7) is 0.220. The summed E-state index contributed by atoms with van der Waals surface area (Å²) in [5, 5.41) is 11.3. The van der Waals surface area contributed by atoms with Crippen LogP contribution in [0.25, 0.3) is 11.3 Å². The second kappa shape index (κ2) is 7.60. The van der Waals surface area contributed by atoms with Crippen molar-refractivity contribution < 1.29 is 9.53 Å². The number of hydrogen-bond donors (Lipinski definition) is 0. The Morgan fingerprint density at radius 3 is 2.60 bits per heavy atom. The molecule has 0 radical (unpaired) electrons. The number of aromatic nitrogens is 1. The van der Waals surface area contributed by atoms with Gasteiger partial charge in [-0.1, -0.05) is 42.5 Å². The molecule has 2 aromatic carbocycles. The number of amides is 1. The van der Waals surface area contributed by atoms with E-state index < -0.39 is 6.09 Å². The molecule has 0 saturated heterocycles. The van der Waals surface area contributed by atoms with Crippen molar-refractivity contribution in [1.82, 2.24) is 4.98 Å². The second-order valence-corrected chi connectivity index (χ2v) is 6.14. The van der Waals surface area contributed by atoms with E-state index in [1.165, 1.54) is 16.2 Å². The summed E-state index contributed by atoms with van der Waals surface area (Å²) in [5.41, 5.74) is 3.18. The third-order valence-electron chi connectivity index (χ3n) is 3.57. The van der Waals surface area contributed by atoms with E-state index in [-0.39, 0.29) is 6.61 Å². The van der Waals surface area contributed by atoms with Gasteiger partial charge in [-0.05, 0) is 17.7 Å². The average Bonchev–Trinajstić information content (AvgIpc) is 3.16. The van der Waals surface area contributed by atoms with Crippen LogP contribution in [0, 0.1) is 11.3 Å². The van der Waals surface area contributed by atoms with Crippen LogP contribution in [0.4, 0.5) is 9.93 Å². The number of carbonyl (C=O) groups excluding carboxylic acids is 1. The molecule has 5 nitrogen and oxygen atoms in total. The summed E-state index contributed by atoms with van der Waals surface area (Å²) >= 11 is 1.36. The largest absolute Gasteiger partial charge is 0.444 e. The SMILES string of the molecule is CN(C(=O)OCc1ccccc1)c1nc(-c2ccc(C#N)cc2)cs1. The number of nitriles is 1. The lowest BCUT2D eigenvalue weighted by molar-refractivity contribution is 0.148. The van der Waals surface area contributed by atoms with Crippen molar-refractivity contribution in [1.29, 1.82) is 5.26 Å². The Hall–Kier alpha value is -3.17. The zero-order valence-electron chi connectivity index (χ0n) is 13.5. The maximum atomic E-state index is 12.2. The molecular weight excluding hydrogens is 334 g/mol. The van der Waals surface area contributed by atoms with Crippen LogP contribution in [-0.2, 0) is 11.3 Å². The van der Waals surface area contributed by atoms with Crippen LogP contribution >= 0.6 is 11.3 Å². The molecule has 0 bridgehead atoms. The molecule has 0 spiro atoms. The van der Waals surface area contributed by atoms with Crippen LogP contribution in [0.5, 0.6) is 0 Å². The lowest BCUT2D eigenvalue weighted by Crippen LogP contribution is -2.26. The van der Waals surface area contributed by atoms with Gasteiger partial charge in [0.05, 0.1) is 17.3 Å². The summed E-state index contributed by atoms with van der Waals surface area (Å²) in [6, 6.07) is 18.8. The number of benzene rings is 2. The van der Waals surface area contributed by atoms with E-state index in [1.807, 2.05) is 47.8 Å². The Labute approximate surface area is 149 Å². The van der Waals surface area contributed by atoms with Gasteiger partial charge in [0.2, 0.25) is 0 Å². The lowest BCUT2D eigenvalue weighted by Gasteiger charge is -2.13. The Balaban J connectivity index is 1.66. The van der Waals surface area contributed by atoms with Crippen LogP contribution in [0.15, 0.2) is 60.0 Å². The van der Waals surface area contributed by atoms with Gasteiger partial charge in [-0.15, -0.1) is 11.3 Å². The first-order valence-electron chi connectivity index (χ1n) is 7.58. The molecule has 0 saturated carbocycles. The molecule has 0 aliphatic heterocycles. The molecule has 0 aliphatic rings. The minimum Gasteiger partial charge on any atom is -0.444 e. The van der Waals surface area contributed by atoms with Gasteiger partial charge in [0.1, 0.15) is 6.61 Å². The van der Waals surface area contributed by atoms with Crippen molar-refractivity contribution >= 4 is 22.6 Å². The summed E-state index contributed by atoms with van der Waals surface area (Å²) < 4.78 is 5.31. The number of nitrogens with zero attached hydrogens (tertiary/aromatic N) is 3. The quantitative estimate of drug-likeness (QED) is 0.698. The number of ether oxygens (including phenoxy) is 1. The van der Waals surface area contributed by atoms with Crippen LogP contribution in [0.2, 0.25) is 0 Å². The fraction of sp³-hybridized carbons (Fsp3) is 0.105. The number of rotatable bonds is 4. The molecular formula is C19H15N3O2S. The van der Waals surface area contributed by atoms with Gasteiger partial charge in [-0.25, -0.2) is 9.78 Å². The fourth-order valence-electron chi connectivity index (χ4n) is 2.16. The second-order valence-electron chi connectivity index (χ2n) is 5.30. The van der Waals surface area contributed by atoms with E-state index in [0.29, 0.717) is 10.7 Å². The summed E-state index contributed by atoms with van der Waals surface area (Å²) in [5.74, 6) is 0. The molecule has 0 atom stereocenters. The topological polar surface area (TPSA) is 66.2 Å². The zero-order chi connectivity index (χ0) is 17.6. The minimum absolute atomic E-state index is 0.220. The maximum absolute atomic E-state index is 12.2. The Kier molecular flexibility index (Phi) is 5.07. The van der Waals surface area contributed by atoms with Gasteiger partial charge in [-0.2, -0.15) is 5.26 Å². The summed E-state index contributed by atoms with van der Waals surface area (Å²) in [4.78, 5) is 18.0. The molecule has 25 heavy (non-hydrogen) atoms. The van der Waals surface area contributed by atoms with Gasteiger partial charge in [0.25, 0.3) is 0 Å². The van der Waals surface area contributed by atoms with Crippen molar-refractivity contribution in [3.8, 4) is 17.3 Å². The highest BCUT2D eigenvalue weighted by Crippen LogP contribution is 2.27. The molecule has 0 unspecified atom stereocenters. The number of thiazole rings is 1. The highest BCUT2D eigenvalue weighted by molar-refractivity contribution is 7.14. The van der Waals surface area contributed by atoms with E-state index in [4.69, 9.17) is 10.00 Å². The lowest BCUT2D eigenvalue weighted by atomic mass is 10.1. The first-order chi connectivity index (χ1) is 12.2. The average molecular weight is 349 g/mol. The van der Waals surface area contributed by atoms with E-state index in [9.17, 15) is 4.79 Å². The number of hydrogen-bond acceptors (Lipinski definition) is 5. The maximum Gasteiger partial charge on any atom is 0.416 e. The highest BCUT2D eigenvalue weighted by Gasteiger charge is 2.16. The van der Waals surface area contributed by atoms with Crippen LogP contribution in [-0.4, -0.2) is 18.1 Å². The molecule has 3 aromatic rings. The number of anilines is 1. The molecule has 6 heteroatoms. The molecule has 1 heterocycles. The molecule has 1 aromatic heterocycles. The van der Waals surface area contributed by atoms with E-state index in [2.05, 4.69) is 11.1 Å². The van der Waals surface area contributed by atoms with Crippen LogP contribution in [0.1, 0.15) is 11.1 Å². The van der Waals surface area contributed by atoms with E-state index in [1.54, 1.807) is 19.2 Å². The first kappa shape index (κ1) is 16.7. The molecule has 0 N–H and O–H groups in total. The van der Waals surface area contributed by atoms with Crippen molar-refractivity contribution in [2.75, 3.05) is 11.9 Å². The van der Waals surface area contributed by atoms with Gasteiger partial charge >= 0.3 is 6.09 Å². The first-order valence-corrected chi connectivity index (χ1v) is 8.46. The Bertz CT molecular complexity index is 898. The van der Waals surface area contributed by atoms with E-state index >= 15 is 0 Å². The smallest absolute Gasteiger partial charge is 0.416 e. The molecule has 1 amide bonds. The van der Waals surface area contributed by atoms with Crippen molar-refractivity contribution in [3.05, 3.63) is 71.1 Å². The third-order valence-corrected chi connectivity index (χ3v) is 4.48. The zero-order valence-corrected chi connectivity index (χ0v) is 14.4. The van der Waals surface area contributed by atoms with Gasteiger partial charge in [0, 0.05) is 18.0 Å². The predicted octanol–water partition coefficient (Wildman–Crippen LogP) is 4.45. The van der Waals surface area contributed by atoms with E-state index in [0.717, 1.165) is 16.8 Å². The number of carbonyl (C=O) groups is 1. The molecule has 3 rings (SSSR count). The molecule has 0 fully saturated rings. The minimum atomic E-state index is -0.454. The van der Waals surface area contributed by atoms with Crippen LogP contribution < -0.4 is 4.90 Å². The molecule has 0 aliphatic carbocycles. The highest BCUT2D eigenvalue weighted by atomic mass is 32.1. The van der Waals surface area contributed by atoms with Crippen molar-refractivity contribution in [2.45, 2.75) is 6.61 Å². The predicted molar refractivity (Wildman–Crippen MR) is 97.3 cm³/mol. The third kappa shape index (κ3) is 4.03. The van der Waals surface area contributed by atoms with Crippen LogP contribution in [0.3, 0.4) is 0 Å². The van der Waals surface area contributed by atoms with Gasteiger partial charge in [-0.3, -0.25) is 4.90 Å². The normalized spacial score (nSPS) is 10.1. The summed E-state index contributed by atoms with van der Waals surface area (Å²) in [7, 11) is 1.63. The van der Waals surface area contributed by atoms with Crippen molar-refractivity contribution in [2.24, 2.45) is 0 Å². The Morgan fingerprint density at radius 1 is 1.20 bits per heavy atom. The van der Waals surface area contributed by atoms with Gasteiger partial charge in [0.15, 0.2) is 5.13 Å². The molecule has 124 valence electrons. The standard InChI is InChI=1S/C19H15N3O2S/c1-22(19(23)24-12-15-5-3-2-4-6-15)18-21-17(13-25-18)16-9-7-14(11-20)8-10-16/h2-10,13H,12H2,1H3. The Morgan fingerprint density at radius 2 is 1.92 bits per heavy atom. The van der Waals surface area contributed by atoms with Gasteiger partial charge < -0.3 is 4.74 Å². The summed E-state index contributed by atoms with van der Waals surface area (Å²) in [6.07, 6.45) is -0.454. The fourth-order valence-corrected chi connectivity index (χ4v) is 2.95.